The van der Waals surface area contributed by atoms with E-state index in [1.54, 1.807) is 18.2 Å². The Hall–Kier alpha value is -3.53. The lowest BCUT2D eigenvalue weighted by Gasteiger charge is -2.25. The molecule has 3 aromatic carbocycles. The first-order valence-electron chi connectivity index (χ1n) is 9.95. The Morgan fingerprint density at radius 1 is 1.00 bits per heavy atom. The van der Waals surface area contributed by atoms with Gasteiger partial charge in [-0.3, -0.25) is 9.59 Å². The van der Waals surface area contributed by atoms with E-state index in [2.05, 4.69) is 0 Å². The molecular formula is C26H22O4. The zero-order chi connectivity index (χ0) is 21.4. The number of aromatic hydroxyl groups is 1. The molecule has 0 heterocycles. The number of ketones is 1. The monoisotopic (exact) mass is 398 g/mol. The summed E-state index contributed by atoms with van der Waals surface area (Å²) < 4.78 is 0. The minimum Gasteiger partial charge on any atom is -0.507 e. The number of allylic oxidation sites excluding steroid dienone is 2. The first-order chi connectivity index (χ1) is 14.4. The third-order valence-corrected chi connectivity index (χ3v) is 5.92. The lowest BCUT2D eigenvalue weighted by Crippen LogP contribution is -2.23. The van der Waals surface area contributed by atoms with E-state index in [9.17, 15) is 19.5 Å². The number of carbonyl (C=O) groups excluding carboxylic acids is 3. The van der Waals surface area contributed by atoms with Crippen molar-refractivity contribution >= 4 is 34.7 Å². The molecule has 4 heteroatoms. The summed E-state index contributed by atoms with van der Waals surface area (Å²) >= 11 is 0. The van der Waals surface area contributed by atoms with Crippen molar-refractivity contribution in [1.82, 2.24) is 0 Å². The van der Waals surface area contributed by atoms with E-state index in [0.717, 1.165) is 38.6 Å². The van der Waals surface area contributed by atoms with Gasteiger partial charge in [-0.05, 0) is 63.6 Å². The molecule has 0 bridgehead atoms. The number of phenolic OH excluding ortho intramolecular Hbond substituents is 1. The SMILES string of the molecule is Cc1cc(O)c(C=O)cc1-c1cccc2cccc(C3=CC(C=O)C(=O)CC3C)c12. The van der Waals surface area contributed by atoms with Crippen LogP contribution in [0.3, 0.4) is 0 Å². The van der Waals surface area contributed by atoms with Crippen molar-refractivity contribution in [3.8, 4) is 16.9 Å². The largest absolute Gasteiger partial charge is 0.507 e. The van der Waals surface area contributed by atoms with Crippen molar-refractivity contribution in [3.63, 3.8) is 0 Å². The summed E-state index contributed by atoms with van der Waals surface area (Å²) in [6, 6.07) is 15.3. The van der Waals surface area contributed by atoms with Crippen molar-refractivity contribution < 1.29 is 19.5 Å². The van der Waals surface area contributed by atoms with Gasteiger partial charge < -0.3 is 9.90 Å². The molecule has 0 amide bonds. The summed E-state index contributed by atoms with van der Waals surface area (Å²) in [5.41, 5.74) is 4.86. The molecular weight excluding hydrogens is 376 g/mol. The molecule has 2 atom stereocenters. The van der Waals surface area contributed by atoms with Gasteiger partial charge in [-0.2, -0.15) is 0 Å². The smallest absolute Gasteiger partial charge is 0.153 e. The lowest BCUT2D eigenvalue weighted by molar-refractivity contribution is -0.126. The van der Waals surface area contributed by atoms with Crippen molar-refractivity contribution in [2.75, 3.05) is 0 Å². The molecule has 0 aliphatic heterocycles. The molecule has 150 valence electrons. The van der Waals surface area contributed by atoms with Crippen molar-refractivity contribution in [2.24, 2.45) is 11.8 Å². The summed E-state index contributed by atoms with van der Waals surface area (Å²) in [7, 11) is 0. The van der Waals surface area contributed by atoms with Gasteiger partial charge in [0.1, 0.15) is 17.8 Å². The van der Waals surface area contributed by atoms with Gasteiger partial charge in [-0.1, -0.05) is 49.4 Å². The summed E-state index contributed by atoms with van der Waals surface area (Å²) in [6.07, 6.45) is 3.48. The Bertz CT molecular complexity index is 1210. The fraction of sp³-hybridized carbons (Fsp3) is 0.192. The molecule has 0 spiro atoms. The van der Waals surface area contributed by atoms with Crippen LogP contribution in [-0.4, -0.2) is 23.5 Å². The number of rotatable bonds is 4. The van der Waals surface area contributed by atoms with E-state index < -0.39 is 5.92 Å². The second-order valence-electron chi connectivity index (χ2n) is 7.91. The molecule has 0 radical (unpaired) electrons. The summed E-state index contributed by atoms with van der Waals surface area (Å²) in [5, 5.41) is 12.1. The molecule has 0 saturated carbocycles. The number of aldehydes is 2. The van der Waals surface area contributed by atoms with E-state index in [0.29, 0.717) is 19.0 Å². The van der Waals surface area contributed by atoms with Gasteiger partial charge in [0.25, 0.3) is 0 Å². The maximum Gasteiger partial charge on any atom is 0.153 e. The lowest BCUT2D eigenvalue weighted by atomic mass is 9.78. The fourth-order valence-electron chi connectivity index (χ4n) is 4.37. The highest BCUT2D eigenvalue weighted by Crippen LogP contribution is 2.41. The van der Waals surface area contributed by atoms with Crippen LogP contribution < -0.4 is 0 Å². The Labute approximate surface area is 174 Å². The number of fused-ring (bicyclic) bond motifs is 1. The maximum atomic E-state index is 12.2. The molecule has 0 saturated heterocycles. The first-order valence-corrected chi connectivity index (χ1v) is 9.95. The molecule has 30 heavy (non-hydrogen) atoms. The first kappa shape index (κ1) is 19.8. The second kappa shape index (κ2) is 7.71. The highest BCUT2D eigenvalue weighted by molar-refractivity contribution is 6.07. The zero-order valence-electron chi connectivity index (χ0n) is 16.9. The van der Waals surface area contributed by atoms with E-state index in [4.69, 9.17) is 0 Å². The average molecular weight is 398 g/mol. The van der Waals surface area contributed by atoms with E-state index >= 15 is 0 Å². The molecule has 4 nitrogen and oxygen atoms in total. The Morgan fingerprint density at radius 2 is 1.70 bits per heavy atom. The van der Waals surface area contributed by atoms with Crippen LogP contribution in [0.4, 0.5) is 0 Å². The Kier molecular flexibility index (Phi) is 5.08. The summed E-state index contributed by atoms with van der Waals surface area (Å²) in [6.45, 7) is 3.90. The van der Waals surface area contributed by atoms with Crippen molar-refractivity contribution in [2.45, 2.75) is 20.3 Å². The van der Waals surface area contributed by atoms with Crippen LogP contribution in [0.5, 0.6) is 5.75 Å². The topological polar surface area (TPSA) is 71.4 Å². The van der Waals surface area contributed by atoms with Crippen molar-refractivity contribution in [1.29, 1.82) is 0 Å². The standard InChI is InChI=1S/C26H22O4/c1-15-9-24(29)18(13-27)11-22(15)20-7-3-5-17-6-4-8-21(26(17)20)23-12-19(14-28)25(30)10-16(23)2/h3-9,11-14,16,19,29H,10H2,1-2H3. The number of phenols is 1. The normalized spacial score (nSPS) is 18.9. The van der Waals surface area contributed by atoms with Gasteiger partial charge in [-0.25, -0.2) is 0 Å². The fourth-order valence-corrected chi connectivity index (χ4v) is 4.37. The average Bonchev–Trinajstić information content (AvgIpc) is 2.73. The minimum atomic E-state index is -0.712. The molecule has 4 rings (SSSR count). The van der Waals surface area contributed by atoms with Crippen LogP contribution in [0.15, 0.2) is 54.6 Å². The molecule has 1 N–H and O–H groups in total. The predicted molar refractivity (Wildman–Crippen MR) is 117 cm³/mol. The Morgan fingerprint density at radius 3 is 2.37 bits per heavy atom. The number of hydrogen-bond acceptors (Lipinski definition) is 4. The van der Waals surface area contributed by atoms with Gasteiger partial charge >= 0.3 is 0 Å². The van der Waals surface area contributed by atoms with Crippen LogP contribution >= 0.6 is 0 Å². The van der Waals surface area contributed by atoms with Crippen LogP contribution in [0, 0.1) is 18.8 Å². The minimum absolute atomic E-state index is 0.00110. The van der Waals surface area contributed by atoms with Gasteiger partial charge in [-0.15, -0.1) is 0 Å². The highest BCUT2D eigenvalue weighted by Gasteiger charge is 2.28. The van der Waals surface area contributed by atoms with Gasteiger partial charge in [0.05, 0.1) is 11.5 Å². The molecule has 1 aliphatic carbocycles. The molecule has 0 aromatic heterocycles. The maximum absolute atomic E-state index is 12.2. The zero-order valence-corrected chi connectivity index (χ0v) is 16.9. The number of hydrogen-bond donors (Lipinski definition) is 1. The van der Waals surface area contributed by atoms with Gasteiger partial charge in [0.2, 0.25) is 0 Å². The molecule has 2 unspecified atom stereocenters. The quantitative estimate of drug-likeness (QED) is 0.488. The van der Waals surface area contributed by atoms with Crippen LogP contribution in [0.1, 0.15) is 34.8 Å². The molecule has 3 aromatic rings. The molecule has 1 aliphatic rings. The highest BCUT2D eigenvalue weighted by atomic mass is 16.3. The number of Topliss-reactive ketones (excluding diaryl/α,β-unsaturated/α-hetero) is 1. The van der Waals surface area contributed by atoms with Gasteiger partial charge in [0.15, 0.2) is 6.29 Å². The van der Waals surface area contributed by atoms with Crippen molar-refractivity contribution in [3.05, 3.63) is 71.3 Å². The number of benzene rings is 3. The summed E-state index contributed by atoms with van der Waals surface area (Å²) in [5.74, 6) is -0.802. The number of carbonyl (C=O) groups is 3. The third kappa shape index (κ3) is 3.24. The number of aryl methyl sites for hydroxylation is 1. The molecule has 0 fully saturated rings. The third-order valence-electron chi connectivity index (χ3n) is 5.92. The van der Waals surface area contributed by atoms with Crippen LogP contribution in [-0.2, 0) is 9.59 Å². The van der Waals surface area contributed by atoms with Crippen LogP contribution in [0.25, 0.3) is 27.5 Å². The van der Waals surface area contributed by atoms with E-state index in [1.165, 1.54) is 0 Å². The van der Waals surface area contributed by atoms with E-state index in [-0.39, 0.29) is 23.0 Å². The summed E-state index contributed by atoms with van der Waals surface area (Å²) in [4.78, 5) is 35.0. The van der Waals surface area contributed by atoms with Crippen LogP contribution in [0.2, 0.25) is 0 Å². The second-order valence-corrected chi connectivity index (χ2v) is 7.91. The Balaban J connectivity index is 2.03. The van der Waals surface area contributed by atoms with Gasteiger partial charge in [0, 0.05) is 6.42 Å². The van der Waals surface area contributed by atoms with E-state index in [1.807, 2.05) is 50.2 Å². The predicted octanol–water partition coefficient (Wildman–Crippen LogP) is 5.14.